The third-order valence-corrected chi connectivity index (χ3v) is 4.14. The van der Waals surface area contributed by atoms with Gasteiger partial charge in [0.1, 0.15) is 0 Å². The maximum Gasteiger partial charge on any atom is 0.0302 e. The molecule has 1 nitrogen and oxygen atoms in total. The predicted octanol–water partition coefficient (Wildman–Crippen LogP) is 3.29. The number of hydrogen-bond acceptors (Lipinski definition) is 3. The lowest BCUT2D eigenvalue weighted by Gasteiger charge is -2.11. The highest BCUT2D eigenvalue weighted by Gasteiger charge is 2.01. The van der Waals surface area contributed by atoms with Crippen LogP contribution < -0.4 is 5.32 Å². The largest absolute Gasteiger partial charge is 0.309 e. The molecule has 0 saturated heterocycles. The second-order valence-electron chi connectivity index (χ2n) is 3.45. The van der Waals surface area contributed by atoms with Gasteiger partial charge in [0, 0.05) is 28.1 Å². The van der Waals surface area contributed by atoms with Crippen molar-refractivity contribution < 1.29 is 0 Å². The van der Waals surface area contributed by atoms with Crippen molar-refractivity contribution in [2.24, 2.45) is 0 Å². The van der Waals surface area contributed by atoms with Gasteiger partial charge in [-0.15, -0.1) is 11.3 Å². The van der Waals surface area contributed by atoms with E-state index >= 15 is 0 Å². The fourth-order valence-corrected chi connectivity index (χ4v) is 2.76. The molecule has 1 heterocycles. The third kappa shape index (κ3) is 4.49. The number of aryl methyl sites for hydroxylation is 1. The molecule has 1 aromatic heterocycles. The Morgan fingerprint density at radius 2 is 2.29 bits per heavy atom. The standard InChI is InChI=1S/C11H19NS2/c1-4-13-8-9(2)12-7-11-6-5-10(3)14-11/h5-6,9,12H,4,7-8H2,1-3H3. The van der Waals surface area contributed by atoms with E-state index in [1.54, 1.807) is 0 Å². The van der Waals surface area contributed by atoms with E-state index in [0.717, 1.165) is 6.54 Å². The second-order valence-corrected chi connectivity index (χ2v) is 6.15. The fourth-order valence-electron chi connectivity index (χ4n) is 1.21. The summed E-state index contributed by atoms with van der Waals surface area (Å²) in [5.41, 5.74) is 0. The summed E-state index contributed by atoms with van der Waals surface area (Å²) in [6, 6.07) is 5.02. The predicted molar refractivity (Wildman–Crippen MR) is 68.4 cm³/mol. The van der Waals surface area contributed by atoms with Crippen molar-refractivity contribution in [1.29, 1.82) is 0 Å². The van der Waals surface area contributed by atoms with E-state index < -0.39 is 0 Å². The Bertz CT molecular complexity index is 258. The molecule has 1 aromatic rings. The van der Waals surface area contributed by atoms with Crippen molar-refractivity contribution in [2.45, 2.75) is 33.4 Å². The molecule has 0 aliphatic rings. The molecule has 0 bridgehead atoms. The monoisotopic (exact) mass is 229 g/mol. The van der Waals surface area contributed by atoms with E-state index in [-0.39, 0.29) is 0 Å². The molecule has 0 amide bonds. The molecule has 3 heteroatoms. The first-order chi connectivity index (χ1) is 6.72. The van der Waals surface area contributed by atoms with Gasteiger partial charge in [-0.2, -0.15) is 11.8 Å². The highest BCUT2D eigenvalue weighted by molar-refractivity contribution is 7.99. The van der Waals surface area contributed by atoms with Crippen LogP contribution in [0.15, 0.2) is 12.1 Å². The quantitative estimate of drug-likeness (QED) is 0.803. The van der Waals surface area contributed by atoms with Crippen LogP contribution in [-0.4, -0.2) is 17.5 Å². The number of nitrogens with one attached hydrogen (secondary N) is 1. The van der Waals surface area contributed by atoms with E-state index in [0.29, 0.717) is 6.04 Å². The van der Waals surface area contributed by atoms with Gasteiger partial charge in [0.2, 0.25) is 0 Å². The van der Waals surface area contributed by atoms with Gasteiger partial charge in [0.25, 0.3) is 0 Å². The van der Waals surface area contributed by atoms with E-state index in [2.05, 4.69) is 38.2 Å². The lowest BCUT2D eigenvalue weighted by molar-refractivity contribution is 0.600. The summed E-state index contributed by atoms with van der Waals surface area (Å²) in [4.78, 5) is 2.84. The molecule has 1 rings (SSSR count). The van der Waals surface area contributed by atoms with Crippen LogP contribution in [0.4, 0.5) is 0 Å². The minimum atomic E-state index is 0.613. The molecule has 0 fully saturated rings. The van der Waals surface area contributed by atoms with Crippen LogP contribution in [0.2, 0.25) is 0 Å². The molecule has 14 heavy (non-hydrogen) atoms. The average molecular weight is 229 g/mol. The zero-order chi connectivity index (χ0) is 10.4. The number of hydrogen-bond donors (Lipinski definition) is 1. The Morgan fingerprint density at radius 3 is 2.86 bits per heavy atom. The Kier molecular flexibility index (Phi) is 5.60. The smallest absolute Gasteiger partial charge is 0.0302 e. The lowest BCUT2D eigenvalue weighted by atomic mass is 10.3. The first kappa shape index (κ1) is 12.1. The van der Waals surface area contributed by atoms with Crippen LogP contribution in [0.3, 0.4) is 0 Å². The first-order valence-electron chi connectivity index (χ1n) is 5.08. The molecule has 0 aliphatic carbocycles. The van der Waals surface area contributed by atoms with Crippen molar-refractivity contribution in [1.82, 2.24) is 5.32 Å². The van der Waals surface area contributed by atoms with Crippen molar-refractivity contribution >= 4 is 23.1 Å². The summed E-state index contributed by atoms with van der Waals surface area (Å²) >= 11 is 3.88. The van der Waals surface area contributed by atoms with Crippen molar-refractivity contribution in [2.75, 3.05) is 11.5 Å². The van der Waals surface area contributed by atoms with Gasteiger partial charge in [0.15, 0.2) is 0 Å². The Balaban J connectivity index is 2.20. The molecule has 0 radical (unpaired) electrons. The first-order valence-corrected chi connectivity index (χ1v) is 7.06. The van der Waals surface area contributed by atoms with Crippen LogP contribution in [-0.2, 0) is 6.54 Å². The highest BCUT2D eigenvalue weighted by atomic mass is 32.2. The second kappa shape index (κ2) is 6.49. The molecule has 1 unspecified atom stereocenters. The maximum atomic E-state index is 3.54. The lowest BCUT2D eigenvalue weighted by Crippen LogP contribution is -2.27. The summed E-state index contributed by atoms with van der Waals surface area (Å²) in [5.74, 6) is 2.42. The van der Waals surface area contributed by atoms with Gasteiger partial charge in [-0.25, -0.2) is 0 Å². The molecular weight excluding hydrogens is 210 g/mol. The van der Waals surface area contributed by atoms with Crippen LogP contribution >= 0.6 is 23.1 Å². The zero-order valence-electron chi connectivity index (χ0n) is 9.17. The van der Waals surface area contributed by atoms with E-state index in [1.165, 1.54) is 21.3 Å². The highest BCUT2D eigenvalue weighted by Crippen LogP contribution is 2.14. The third-order valence-electron chi connectivity index (χ3n) is 1.99. The minimum absolute atomic E-state index is 0.613. The molecule has 1 atom stereocenters. The summed E-state index contributed by atoms with van der Waals surface area (Å²) in [6.07, 6.45) is 0. The summed E-state index contributed by atoms with van der Waals surface area (Å²) in [6.45, 7) is 7.64. The summed E-state index contributed by atoms with van der Waals surface area (Å²) < 4.78 is 0. The van der Waals surface area contributed by atoms with E-state index in [1.807, 2.05) is 23.1 Å². The molecule has 0 aromatic carbocycles. The minimum Gasteiger partial charge on any atom is -0.309 e. The van der Waals surface area contributed by atoms with Crippen molar-refractivity contribution in [3.8, 4) is 0 Å². The molecule has 0 saturated carbocycles. The van der Waals surface area contributed by atoms with Crippen LogP contribution in [0.5, 0.6) is 0 Å². The van der Waals surface area contributed by atoms with Crippen LogP contribution in [0.25, 0.3) is 0 Å². The Morgan fingerprint density at radius 1 is 1.50 bits per heavy atom. The van der Waals surface area contributed by atoms with Gasteiger partial charge in [-0.05, 0) is 31.7 Å². The fraction of sp³-hybridized carbons (Fsp3) is 0.636. The summed E-state index contributed by atoms with van der Waals surface area (Å²) in [7, 11) is 0. The SMILES string of the molecule is CCSCC(C)NCc1ccc(C)s1. The molecule has 0 spiro atoms. The normalized spacial score (nSPS) is 13.1. The number of thioether (sulfide) groups is 1. The topological polar surface area (TPSA) is 12.0 Å². The maximum absolute atomic E-state index is 3.54. The van der Waals surface area contributed by atoms with Gasteiger partial charge in [-0.3, -0.25) is 0 Å². The van der Waals surface area contributed by atoms with Gasteiger partial charge < -0.3 is 5.32 Å². The van der Waals surface area contributed by atoms with Crippen molar-refractivity contribution in [3.63, 3.8) is 0 Å². The van der Waals surface area contributed by atoms with E-state index in [4.69, 9.17) is 0 Å². The zero-order valence-corrected chi connectivity index (χ0v) is 10.8. The van der Waals surface area contributed by atoms with E-state index in [9.17, 15) is 0 Å². The number of thiophene rings is 1. The number of rotatable bonds is 6. The van der Waals surface area contributed by atoms with Crippen molar-refractivity contribution in [3.05, 3.63) is 21.9 Å². The molecule has 0 aliphatic heterocycles. The van der Waals surface area contributed by atoms with Crippen LogP contribution in [0, 0.1) is 6.92 Å². The molecule has 1 N–H and O–H groups in total. The van der Waals surface area contributed by atoms with Gasteiger partial charge in [0.05, 0.1) is 0 Å². The van der Waals surface area contributed by atoms with Crippen LogP contribution in [0.1, 0.15) is 23.6 Å². The van der Waals surface area contributed by atoms with Gasteiger partial charge in [-0.1, -0.05) is 6.92 Å². The molecule has 80 valence electrons. The molecular formula is C11H19NS2. The average Bonchev–Trinajstić information content (AvgIpc) is 2.58. The van der Waals surface area contributed by atoms with Gasteiger partial charge >= 0.3 is 0 Å². The Hall–Kier alpha value is 0.01000. The Labute approximate surface area is 95.3 Å². The summed E-state index contributed by atoms with van der Waals surface area (Å²) in [5, 5.41) is 3.54.